The van der Waals surface area contributed by atoms with Gasteiger partial charge in [0.2, 0.25) is 0 Å². The summed E-state index contributed by atoms with van der Waals surface area (Å²) in [6.45, 7) is 4.34. The standard InChI is InChI=1S/C16H22F3N/c1-11-6-12(2)9-15(20,8-11)10-13-4-3-5-14(7-13)16(17,18)19/h3-5,7,11-12H,6,8-10,20H2,1-2H3. The van der Waals surface area contributed by atoms with Crippen LogP contribution >= 0.6 is 0 Å². The second-order valence-corrected chi connectivity index (χ2v) is 6.59. The molecular weight excluding hydrogens is 263 g/mol. The Morgan fingerprint density at radius 2 is 1.80 bits per heavy atom. The highest BCUT2D eigenvalue weighted by atomic mass is 19.4. The zero-order valence-electron chi connectivity index (χ0n) is 12.0. The molecular formula is C16H22F3N. The van der Waals surface area contributed by atoms with Crippen molar-refractivity contribution in [1.82, 2.24) is 0 Å². The van der Waals surface area contributed by atoms with Gasteiger partial charge in [-0.05, 0) is 49.1 Å². The van der Waals surface area contributed by atoms with Gasteiger partial charge in [0.25, 0.3) is 0 Å². The molecule has 112 valence electrons. The molecule has 1 aromatic rings. The highest BCUT2D eigenvalue weighted by molar-refractivity contribution is 5.27. The first kappa shape index (κ1) is 15.4. The number of halogens is 3. The maximum absolute atomic E-state index is 12.7. The largest absolute Gasteiger partial charge is 0.416 e. The number of hydrogen-bond acceptors (Lipinski definition) is 1. The molecule has 0 aliphatic heterocycles. The molecule has 0 radical (unpaired) electrons. The van der Waals surface area contributed by atoms with E-state index in [1.165, 1.54) is 12.1 Å². The number of benzene rings is 1. The minimum atomic E-state index is -4.29. The Hall–Kier alpha value is -1.03. The SMILES string of the molecule is CC1CC(C)CC(N)(Cc2cccc(C(F)(F)F)c2)C1. The first-order valence-corrected chi connectivity index (χ1v) is 7.13. The molecule has 2 unspecified atom stereocenters. The van der Waals surface area contributed by atoms with E-state index in [0.717, 1.165) is 25.3 Å². The molecule has 2 rings (SSSR count). The third-order valence-corrected chi connectivity index (χ3v) is 4.13. The fourth-order valence-corrected chi connectivity index (χ4v) is 3.73. The quantitative estimate of drug-likeness (QED) is 0.856. The molecule has 2 N–H and O–H groups in total. The van der Waals surface area contributed by atoms with Crippen molar-refractivity contribution >= 4 is 0 Å². The number of alkyl halides is 3. The first-order chi connectivity index (χ1) is 9.18. The zero-order chi connectivity index (χ0) is 15.0. The lowest BCUT2D eigenvalue weighted by Crippen LogP contribution is -2.48. The second-order valence-electron chi connectivity index (χ2n) is 6.59. The molecule has 0 saturated heterocycles. The second kappa shape index (κ2) is 5.40. The van der Waals surface area contributed by atoms with Crippen molar-refractivity contribution in [2.24, 2.45) is 17.6 Å². The van der Waals surface area contributed by atoms with Crippen LogP contribution in [0.1, 0.15) is 44.2 Å². The topological polar surface area (TPSA) is 26.0 Å². The molecule has 1 saturated carbocycles. The molecule has 0 amide bonds. The number of hydrogen-bond donors (Lipinski definition) is 1. The van der Waals surface area contributed by atoms with Crippen molar-refractivity contribution < 1.29 is 13.2 Å². The molecule has 1 aromatic carbocycles. The van der Waals surface area contributed by atoms with Gasteiger partial charge in [-0.1, -0.05) is 32.0 Å². The van der Waals surface area contributed by atoms with Gasteiger partial charge in [-0.2, -0.15) is 13.2 Å². The Labute approximate surface area is 118 Å². The van der Waals surface area contributed by atoms with Crippen molar-refractivity contribution in [2.45, 2.75) is 51.2 Å². The Morgan fingerprint density at radius 1 is 1.20 bits per heavy atom. The van der Waals surface area contributed by atoms with Gasteiger partial charge in [0.15, 0.2) is 0 Å². The monoisotopic (exact) mass is 285 g/mol. The third kappa shape index (κ3) is 3.75. The molecule has 2 atom stereocenters. The van der Waals surface area contributed by atoms with E-state index >= 15 is 0 Å². The van der Waals surface area contributed by atoms with E-state index in [-0.39, 0.29) is 5.54 Å². The molecule has 0 spiro atoms. The maximum atomic E-state index is 12.7. The van der Waals surface area contributed by atoms with E-state index in [1.807, 2.05) is 0 Å². The van der Waals surface area contributed by atoms with Crippen LogP contribution in [0.2, 0.25) is 0 Å². The van der Waals surface area contributed by atoms with Crippen molar-refractivity contribution in [1.29, 1.82) is 0 Å². The normalized spacial score (nSPS) is 31.3. The average Bonchev–Trinajstić information content (AvgIpc) is 2.25. The van der Waals surface area contributed by atoms with Gasteiger partial charge in [0.05, 0.1) is 5.56 Å². The Kier molecular flexibility index (Phi) is 4.14. The van der Waals surface area contributed by atoms with Crippen LogP contribution in [0.15, 0.2) is 24.3 Å². The predicted molar refractivity (Wildman–Crippen MR) is 74.2 cm³/mol. The van der Waals surface area contributed by atoms with E-state index in [4.69, 9.17) is 5.73 Å². The van der Waals surface area contributed by atoms with Crippen LogP contribution in [0.25, 0.3) is 0 Å². The molecule has 0 heterocycles. The lowest BCUT2D eigenvalue weighted by Gasteiger charge is -2.40. The van der Waals surface area contributed by atoms with Gasteiger partial charge in [0.1, 0.15) is 0 Å². The van der Waals surface area contributed by atoms with Crippen molar-refractivity contribution in [3.8, 4) is 0 Å². The smallest absolute Gasteiger partial charge is 0.325 e. The Morgan fingerprint density at radius 3 is 2.35 bits per heavy atom. The van der Waals surface area contributed by atoms with Gasteiger partial charge in [0, 0.05) is 5.54 Å². The third-order valence-electron chi connectivity index (χ3n) is 4.13. The van der Waals surface area contributed by atoms with E-state index < -0.39 is 11.7 Å². The molecule has 20 heavy (non-hydrogen) atoms. The van der Waals surface area contributed by atoms with Crippen molar-refractivity contribution in [3.05, 3.63) is 35.4 Å². The van der Waals surface area contributed by atoms with Gasteiger partial charge in [-0.3, -0.25) is 0 Å². The molecule has 4 heteroatoms. The summed E-state index contributed by atoms with van der Waals surface area (Å²) in [5.41, 5.74) is 6.17. The Balaban J connectivity index is 2.17. The molecule has 0 bridgehead atoms. The number of nitrogens with two attached hydrogens (primary N) is 1. The van der Waals surface area contributed by atoms with Crippen molar-refractivity contribution in [2.75, 3.05) is 0 Å². The van der Waals surface area contributed by atoms with Crippen LogP contribution in [-0.2, 0) is 12.6 Å². The lowest BCUT2D eigenvalue weighted by molar-refractivity contribution is -0.137. The van der Waals surface area contributed by atoms with Gasteiger partial charge < -0.3 is 5.73 Å². The van der Waals surface area contributed by atoms with E-state index in [9.17, 15) is 13.2 Å². The van der Waals surface area contributed by atoms with E-state index in [1.54, 1.807) is 6.07 Å². The lowest BCUT2D eigenvalue weighted by atomic mass is 9.70. The van der Waals surface area contributed by atoms with Crippen LogP contribution in [0.4, 0.5) is 13.2 Å². The molecule has 1 fully saturated rings. The fraction of sp³-hybridized carbons (Fsp3) is 0.625. The summed E-state index contributed by atoms with van der Waals surface area (Å²) in [6, 6.07) is 5.56. The van der Waals surface area contributed by atoms with Crippen LogP contribution in [0, 0.1) is 11.8 Å². The molecule has 1 aliphatic rings. The summed E-state index contributed by atoms with van der Waals surface area (Å²) < 4.78 is 38.2. The van der Waals surface area contributed by atoms with Crippen LogP contribution in [0.5, 0.6) is 0 Å². The van der Waals surface area contributed by atoms with Gasteiger partial charge in [-0.15, -0.1) is 0 Å². The highest BCUT2D eigenvalue weighted by Crippen LogP contribution is 2.37. The summed E-state index contributed by atoms with van der Waals surface area (Å²) in [6.07, 6.45) is -0.848. The van der Waals surface area contributed by atoms with Crippen LogP contribution < -0.4 is 5.73 Å². The van der Waals surface area contributed by atoms with Gasteiger partial charge >= 0.3 is 6.18 Å². The molecule has 1 nitrogen and oxygen atoms in total. The molecule has 1 aliphatic carbocycles. The maximum Gasteiger partial charge on any atom is 0.416 e. The minimum absolute atomic E-state index is 0.374. The summed E-state index contributed by atoms with van der Waals surface area (Å²) in [5, 5.41) is 0. The zero-order valence-corrected chi connectivity index (χ0v) is 12.0. The van der Waals surface area contributed by atoms with Gasteiger partial charge in [-0.25, -0.2) is 0 Å². The van der Waals surface area contributed by atoms with Crippen LogP contribution in [-0.4, -0.2) is 5.54 Å². The van der Waals surface area contributed by atoms with E-state index in [2.05, 4.69) is 13.8 Å². The van der Waals surface area contributed by atoms with E-state index in [0.29, 0.717) is 23.8 Å². The van der Waals surface area contributed by atoms with Crippen molar-refractivity contribution in [3.63, 3.8) is 0 Å². The van der Waals surface area contributed by atoms with Crippen LogP contribution in [0.3, 0.4) is 0 Å². The first-order valence-electron chi connectivity index (χ1n) is 7.13. The fourth-order valence-electron chi connectivity index (χ4n) is 3.73. The predicted octanol–water partition coefficient (Wildman–Crippen LogP) is 4.40. The summed E-state index contributed by atoms with van der Waals surface area (Å²) in [7, 11) is 0. The summed E-state index contributed by atoms with van der Waals surface area (Å²) in [4.78, 5) is 0. The highest BCUT2D eigenvalue weighted by Gasteiger charge is 2.35. The summed E-state index contributed by atoms with van der Waals surface area (Å²) in [5.74, 6) is 1.07. The minimum Gasteiger partial charge on any atom is -0.325 e. The number of rotatable bonds is 2. The Bertz CT molecular complexity index is 457. The molecule has 0 aromatic heterocycles. The average molecular weight is 285 g/mol. The summed E-state index contributed by atoms with van der Waals surface area (Å²) >= 11 is 0.